The van der Waals surface area contributed by atoms with Crippen LogP contribution in [0.3, 0.4) is 0 Å². The van der Waals surface area contributed by atoms with E-state index in [4.69, 9.17) is 4.74 Å². The summed E-state index contributed by atoms with van der Waals surface area (Å²) in [5.74, 6) is 4.20. The van der Waals surface area contributed by atoms with E-state index in [1.54, 1.807) is 7.11 Å². The molecule has 6 rings (SSSR count). The monoisotopic (exact) mass is 426 g/mol. The van der Waals surface area contributed by atoms with E-state index < -0.39 is 0 Å². The van der Waals surface area contributed by atoms with Gasteiger partial charge in [-0.25, -0.2) is 0 Å². The topological polar surface area (TPSA) is 69.0 Å². The molecule has 7 heteroatoms. The quantitative estimate of drug-likeness (QED) is 0.706. The first-order valence-corrected chi connectivity index (χ1v) is 11.8. The average Bonchev–Trinajstić information content (AvgIpc) is 3.07. The summed E-state index contributed by atoms with van der Waals surface area (Å²) in [5, 5.41) is 12.7. The minimum atomic E-state index is -0.204. The van der Waals surface area contributed by atoms with Crippen molar-refractivity contribution in [3.8, 4) is 17.1 Å². The van der Waals surface area contributed by atoms with Gasteiger partial charge in [0.05, 0.1) is 12.4 Å². The lowest BCUT2D eigenvalue weighted by atomic mass is 9.53. The summed E-state index contributed by atoms with van der Waals surface area (Å²) in [6, 6.07) is 7.78. The summed E-state index contributed by atoms with van der Waals surface area (Å²) in [6.45, 7) is 1.97. The Hall–Kier alpha value is -2.02. The third-order valence-electron chi connectivity index (χ3n) is 7.26. The maximum atomic E-state index is 13.1. The third-order valence-corrected chi connectivity index (χ3v) is 8.40. The van der Waals surface area contributed by atoms with E-state index in [9.17, 15) is 4.79 Å². The van der Waals surface area contributed by atoms with Gasteiger partial charge in [-0.2, -0.15) is 0 Å². The molecular weight excluding hydrogens is 396 g/mol. The van der Waals surface area contributed by atoms with Gasteiger partial charge in [-0.05, 0) is 87.5 Å². The molecule has 0 saturated heterocycles. The molecule has 0 radical (unpaired) electrons. The predicted octanol–water partition coefficient (Wildman–Crippen LogP) is 4.06. The van der Waals surface area contributed by atoms with E-state index in [-0.39, 0.29) is 16.7 Å². The summed E-state index contributed by atoms with van der Waals surface area (Å²) in [6.07, 6.45) is 7.67. The normalized spacial score (nSPS) is 30.3. The molecule has 4 bridgehead atoms. The molecule has 0 aliphatic heterocycles. The van der Waals surface area contributed by atoms with Crippen LogP contribution in [0.5, 0.6) is 5.75 Å². The number of nitrogens with one attached hydrogen (secondary N) is 1. The number of carbonyl (C=O) groups excluding carboxylic acids is 1. The number of carbonyl (C=O) groups is 1. The lowest BCUT2D eigenvalue weighted by molar-refractivity contribution is -0.126. The number of hydrogen-bond donors (Lipinski definition) is 1. The standard InChI is InChI=1S/C23H30N4O2S/c1-14(21(28)24-23-11-15-8-16(12-23)10-17(9-15)13-23)30-22-26-25-20(27(22)2)18-4-6-19(29-3)7-5-18/h4-7,14-17H,8-13H2,1-3H3,(H,24,28). The number of benzene rings is 1. The van der Waals surface area contributed by atoms with Crippen LogP contribution in [0.25, 0.3) is 11.4 Å². The van der Waals surface area contributed by atoms with Crippen LogP contribution in [0, 0.1) is 17.8 Å². The number of amides is 1. The van der Waals surface area contributed by atoms with Crippen molar-refractivity contribution in [2.75, 3.05) is 7.11 Å². The Balaban J connectivity index is 1.26. The summed E-state index contributed by atoms with van der Waals surface area (Å²) in [7, 11) is 3.60. The fourth-order valence-electron chi connectivity index (χ4n) is 6.25. The van der Waals surface area contributed by atoms with Gasteiger partial charge in [0, 0.05) is 18.2 Å². The van der Waals surface area contributed by atoms with Crippen LogP contribution >= 0.6 is 11.8 Å². The van der Waals surface area contributed by atoms with Gasteiger partial charge in [0.2, 0.25) is 5.91 Å². The maximum absolute atomic E-state index is 13.1. The first-order chi connectivity index (χ1) is 14.4. The van der Waals surface area contributed by atoms with Gasteiger partial charge in [-0.15, -0.1) is 10.2 Å². The van der Waals surface area contributed by atoms with Crippen LogP contribution in [0.1, 0.15) is 45.4 Å². The molecule has 1 heterocycles. The summed E-state index contributed by atoms with van der Waals surface area (Å²) in [4.78, 5) is 13.1. The van der Waals surface area contributed by atoms with E-state index >= 15 is 0 Å². The number of thioether (sulfide) groups is 1. The minimum Gasteiger partial charge on any atom is -0.497 e. The number of nitrogens with zero attached hydrogens (tertiary/aromatic N) is 3. The molecule has 30 heavy (non-hydrogen) atoms. The molecule has 4 aliphatic carbocycles. The number of ether oxygens (including phenoxy) is 1. The fraction of sp³-hybridized carbons (Fsp3) is 0.609. The van der Waals surface area contributed by atoms with Crippen LogP contribution in [-0.2, 0) is 11.8 Å². The average molecular weight is 427 g/mol. The zero-order valence-electron chi connectivity index (χ0n) is 17.9. The van der Waals surface area contributed by atoms with Gasteiger partial charge in [-0.1, -0.05) is 11.8 Å². The molecule has 4 fully saturated rings. The molecule has 1 aromatic carbocycles. The lowest BCUT2D eigenvalue weighted by Gasteiger charge is -2.57. The van der Waals surface area contributed by atoms with Crippen LogP contribution in [-0.4, -0.2) is 38.6 Å². The van der Waals surface area contributed by atoms with Gasteiger partial charge in [-0.3, -0.25) is 4.79 Å². The lowest BCUT2D eigenvalue weighted by Crippen LogP contribution is -2.60. The van der Waals surface area contributed by atoms with E-state index in [0.29, 0.717) is 0 Å². The zero-order chi connectivity index (χ0) is 20.9. The van der Waals surface area contributed by atoms with Gasteiger partial charge in [0.15, 0.2) is 11.0 Å². The Morgan fingerprint density at radius 2 is 1.73 bits per heavy atom. The highest BCUT2D eigenvalue weighted by Crippen LogP contribution is 2.55. The second-order valence-electron chi connectivity index (χ2n) is 9.54. The maximum Gasteiger partial charge on any atom is 0.233 e. The van der Waals surface area contributed by atoms with Gasteiger partial charge < -0.3 is 14.6 Å². The summed E-state index contributed by atoms with van der Waals surface area (Å²) >= 11 is 1.48. The molecule has 1 N–H and O–H groups in total. The molecule has 1 amide bonds. The highest BCUT2D eigenvalue weighted by Gasteiger charge is 2.51. The molecule has 4 saturated carbocycles. The molecule has 4 aliphatic rings. The van der Waals surface area contributed by atoms with E-state index in [1.165, 1.54) is 50.3 Å². The SMILES string of the molecule is COc1ccc(-c2nnc(SC(C)C(=O)NC34CC5CC(CC(C5)C3)C4)n2C)cc1. The van der Waals surface area contributed by atoms with Crippen molar-refractivity contribution in [3.63, 3.8) is 0 Å². The zero-order valence-corrected chi connectivity index (χ0v) is 18.7. The first-order valence-electron chi connectivity index (χ1n) is 11.0. The van der Waals surface area contributed by atoms with Crippen molar-refractivity contribution < 1.29 is 9.53 Å². The van der Waals surface area contributed by atoms with Crippen LogP contribution in [0.2, 0.25) is 0 Å². The highest BCUT2D eigenvalue weighted by atomic mass is 32.2. The molecule has 1 unspecified atom stereocenters. The number of hydrogen-bond acceptors (Lipinski definition) is 5. The Morgan fingerprint density at radius 1 is 1.13 bits per heavy atom. The predicted molar refractivity (Wildman–Crippen MR) is 117 cm³/mol. The molecule has 1 atom stereocenters. The molecule has 1 aromatic heterocycles. The number of methoxy groups -OCH3 is 1. The Bertz CT molecular complexity index is 904. The number of rotatable bonds is 6. The van der Waals surface area contributed by atoms with Crippen molar-refractivity contribution >= 4 is 17.7 Å². The third kappa shape index (κ3) is 3.61. The highest BCUT2D eigenvalue weighted by molar-refractivity contribution is 8.00. The summed E-state index contributed by atoms with van der Waals surface area (Å²) < 4.78 is 7.19. The van der Waals surface area contributed by atoms with Crippen molar-refractivity contribution in [3.05, 3.63) is 24.3 Å². The first kappa shape index (κ1) is 19.9. The second kappa shape index (κ2) is 7.59. The van der Waals surface area contributed by atoms with Gasteiger partial charge in [0.1, 0.15) is 5.75 Å². The van der Waals surface area contributed by atoms with Crippen molar-refractivity contribution in [1.29, 1.82) is 0 Å². The van der Waals surface area contributed by atoms with Gasteiger partial charge >= 0.3 is 0 Å². The van der Waals surface area contributed by atoms with E-state index in [0.717, 1.165) is 40.0 Å². The van der Waals surface area contributed by atoms with Crippen LogP contribution in [0.4, 0.5) is 0 Å². The Morgan fingerprint density at radius 3 is 2.30 bits per heavy atom. The van der Waals surface area contributed by atoms with Crippen molar-refractivity contribution in [1.82, 2.24) is 20.1 Å². The van der Waals surface area contributed by atoms with Gasteiger partial charge in [0.25, 0.3) is 0 Å². The molecule has 0 spiro atoms. The van der Waals surface area contributed by atoms with Crippen LogP contribution < -0.4 is 10.1 Å². The smallest absolute Gasteiger partial charge is 0.233 e. The minimum absolute atomic E-state index is 0.0504. The second-order valence-corrected chi connectivity index (χ2v) is 10.8. The fourth-order valence-corrected chi connectivity index (χ4v) is 7.06. The molecule has 6 nitrogen and oxygen atoms in total. The Labute approximate surface area is 182 Å². The molecule has 160 valence electrons. The Kier molecular flexibility index (Phi) is 5.04. The van der Waals surface area contributed by atoms with Crippen molar-refractivity contribution in [2.45, 2.75) is 61.4 Å². The molecule has 2 aromatic rings. The van der Waals surface area contributed by atoms with E-state index in [1.807, 2.05) is 42.8 Å². The largest absolute Gasteiger partial charge is 0.497 e. The number of aromatic nitrogens is 3. The van der Waals surface area contributed by atoms with Crippen LogP contribution in [0.15, 0.2) is 29.4 Å². The van der Waals surface area contributed by atoms with Crippen molar-refractivity contribution in [2.24, 2.45) is 24.8 Å². The van der Waals surface area contributed by atoms with E-state index in [2.05, 4.69) is 15.5 Å². The molecular formula is C23H30N4O2S. The summed E-state index contributed by atoms with van der Waals surface area (Å²) in [5.41, 5.74) is 1.03.